The normalized spacial score (nSPS) is 27.9. The molecule has 34 heavy (non-hydrogen) atoms. The number of anilines is 2. The maximum atomic E-state index is 15.0. The summed E-state index contributed by atoms with van der Waals surface area (Å²) in [6.45, 7) is 2.32. The van der Waals surface area contributed by atoms with Crippen LogP contribution >= 0.6 is 0 Å². The van der Waals surface area contributed by atoms with E-state index in [0.29, 0.717) is 30.1 Å². The number of hydrogen-bond donors (Lipinski definition) is 2. The van der Waals surface area contributed by atoms with Gasteiger partial charge in [0, 0.05) is 35.3 Å². The van der Waals surface area contributed by atoms with Crippen LogP contribution in [0.5, 0.6) is 0 Å². The topological polar surface area (TPSA) is 100 Å². The maximum absolute atomic E-state index is 15.0. The van der Waals surface area contributed by atoms with Crippen molar-refractivity contribution in [1.29, 1.82) is 0 Å². The predicted molar refractivity (Wildman–Crippen MR) is 121 cm³/mol. The molecule has 1 unspecified atom stereocenters. The van der Waals surface area contributed by atoms with Gasteiger partial charge in [-0.15, -0.1) is 5.10 Å². The number of rotatable bonds is 5. The molecule has 8 nitrogen and oxygen atoms in total. The van der Waals surface area contributed by atoms with Crippen molar-refractivity contribution in [2.24, 2.45) is 0 Å². The molecule has 3 fully saturated rings. The Balaban J connectivity index is 1.28. The Bertz CT molecular complexity index is 1090. The Kier molecular flexibility index (Phi) is 5.91. The van der Waals surface area contributed by atoms with Crippen molar-refractivity contribution in [2.45, 2.75) is 74.9 Å². The molecule has 3 aliphatic rings. The number of aromatic nitrogens is 2. The summed E-state index contributed by atoms with van der Waals surface area (Å²) in [5, 5.41) is 13.0. The van der Waals surface area contributed by atoms with Gasteiger partial charge in [0.2, 0.25) is 17.7 Å². The number of carbonyl (C=O) groups excluding carboxylic acids is 2. The molecular weight excluding hydrogens is 460 g/mol. The minimum Gasteiger partial charge on any atom is -0.408 e. The molecule has 3 radical (unpaired) electrons. The van der Waals surface area contributed by atoms with Gasteiger partial charge in [-0.25, -0.2) is 8.78 Å². The SMILES string of the molecule is C[C@]1([Si])[C@@H](Nc2nnc(C3CCCCC3)o2)CN1c1cc(F)c(C2CCC(=O)NC2=O)c(F)c1. The number of carbonyl (C=O) groups is 2. The van der Waals surface area contributed by atoms with E-state index in [0.717, 1.165) is 12.8 Å². The second kappa shape index (κ2) is 8.75. The van der Waals surface area contributed by atoms with Gasteiger partial charge in [-0.05, 0) is 38.3 Å². The van der Waals surface area contributed by atoms with Crippen LogP contribution in [0.15, 0.2) is 16.5 Å². The molecule has 2 N–H and O–H groups in total. The van der Waals surface area contributed by atoms with Crippen molar-refractivity contribution in [3.8, 4) is 0 Å². The van der Waals surface area contributed by atoms with Crippen LogP contribution in [0.25, 0.3) is 0 Å². The largest absolute Gasteiger partial charge is 0.408 e. The van der Waals surface area contributed by atoms with E-state index >= 15 is 0 Å². The van der Waals surface area contributed by atoms with Crippen molar-refractivity contribution in [1.82, 2.24) is 15.5 Å². The highest BCUT2D eigenvalue weighted by atomic mass is 28.1. The zero-order valence-electron chi connectivity index (χ0n) is 18.9. The minimum absolute atomic E-state index is 0.0494. The molecule has 5 rings (SSSR count). The van der Waals surface area contributed by atoms with Gasteiger partial charge in [0.25, 0.3) is 0 Å². The van der Waals surface area contributed by atoms with Crippen LogP contribution in [-0.4, -0.2) is 50.0 Å². The molecule has 2 aliphatic heterocycles. The summed E-state index contributed by atoms with van der Waals surface area (Å²) in [6, 6.07) is 2.64. The van der Waals surface area contributed by atoms with Gasteiger partial charge in [-0.1, -0.05) is 24.4 Å². The molecule has 3 heterocycles. The number of nitrogens with one attached hydrogen (secondary N) is 2. The molecule has 1 aromatic heterocycles. The molecule has 0 bridgehead atoms. The van der Waals surface area contributed by atoms with Crippen molar-refractivity contribution in [3.05, 3.63) is 35.2 Å². The smallest absolute Gasteiger partial charge is 0.315 e. The summed E-state index contributed by atoms with van der Waals surface area (Å²) in [5.74, 6) is -2.79. The van der Waals surface area contributed by atoms with Crippen LogP contribution in [0.1, 0.15) is 75.2 Å². The van der Waals surface area contributed by atoms with Crippen LogP contribution in [-0.2, 0) is 9.59 Å². The van der Waals surface area contributed by atoms with Gasteiger partial charge >= 0.3 is 6.01 Å². The number of imide groups is 1. The maximum Gasteiger partial charge on any atom is 0.315 e. The first-order valence-electron chi connectivity index (χ1n) is 11.7. The van der Waals surface area contributed by atoms with Crippen molar-refractivity contribution < 1.29 is 22.8 Å². The summed E-state index contributed by atoms with van der Waals surface area (Å²) < 4.78 is 35.8. The van der Waals surface area contributed by atoms with Crippen molar-refractivity contribution in [3.63, 3.8) is 0 Å². The summed E-state index contributed by atoms with van der Waals surface area (Å²) in [5.41, 5.74) is 0.0377. The van der Waals surface area contributed by atoms with Crippen LogP contribution in [0.3, 0.4) is 0 Å². The van der Waals surface area contributed by atoms with Gasteiger partial charge in [-0.3, -0.25) is 14.9 Å². The van der Waals surface area contributed by atoms with Gasteiger partial charge < -0.3 is 14.6 Å². The van der Waals surface area contributed by atoms with Crippen molar-refractivity contribution >= 4 is 33.8 Å². The standard InChI is InChI=1S/C23H26F2N5O3Si/c1-23(34)17(26-22-29-28-21(33-22)12-5-3-2-4-6-12)11-30(23)13-9-15(24)19(16(25)10-13)14-7-8-18(31)27-20(14)32/h9-10,12,14,17H,2-8,11H2,1H3,(H,26,29)(H,27,31,32)/t14?,17-,23-/m0/s1. The molecule has 1 saturated carbocycles. The Hall–Kier alpha value is -2.82. The fraction of sp³-hybridized carbons (Fsp3) is 0.565. The summed E-state index contributed by atoms with van der Waals surface area (Å²) in [4.78, 5) is 25.3. The lowest BCUT2D eigenvalue weighted by molar-refractivity contribution is -0.134. The first kappa shape index (κ1) is 22.9. The van der Waals surface area contributed by atoms with Crippen LogP contribution < -0.4 is 15.5 Å². The first-order valence-corrected chi connectivity index (χ1v) is 12.2. The number of piperidine rings is 1. The van der Waals surface area contributed by atoms with Gasteiger partial charge in [-0.2, -0.15) is 0 Å². The Morgan fingerprint density at radius 2 is 1.85 bits per heavy atom. The van der Waals surface area contributed by atoms with Crippen molar-refractivity contribution in [2.75, 3.05) is 16.8 Å². The molecule has 3 atom stereocenters. The molecule has 1 aromatic carbocycles. The highest BCUT2D eigenvalue weighted by molar-refractivity contribution is 6.19. The zero-order valence-corrected chi connectivity index (χ0v) is 19.9. The number of amides is 2. The highest BCUT2D eigenvalue weighted by Gasteiger charge is 2.47. The molecule has 2 aromatic rings. The summed E-state index contributed by atoms with van der Waals surface area (Å²) in [6.07, 6.45) is 5.82. The van der Waals surface area contributed by atoms with E-state index in [-0.39, 0.29) is 24.4 Å². The fourth-order valence-corrected chi connectivity index (χ4v) is 5.55. The second-order valence-electron chi connectivity index (χ2n) is 9.56. The third-order valence-electron chi connectivity index (χ3n) is 7.26. The number of halogens is 2. The quantitative estimate of drug-likeness (QED) is 0.495. The average molecular weight is 487 g/mol. The van der Waals surface area contributed by atoms with Gasteiger partial charge in [0.15, 0.2) is 0 Å². The first-order chi connectivity index (χ1) is 16.2. The number of hydrogen-bond acceptors (Lipinski definition) is 7. The van der Waals surface area contributed by atoms with E-state index < -0.39 is 34.5 Å². The molecular formula is C23H26F2N5O3Si. The molecule has 11 heteroatoms. The molecule has 2 amide bonds. The third kappa shape index (κ3) is 4.10. The lowest BCUT2D eigenvalue weighted by Gasteiger charge is -2.56. The zero-order chi connectivity index (χ0) is 24.0. The predicted octanol–water partition coefficient (Wildman–Crippen LogP) is 3.10. The lowest BCUT2D eigenvalue weighted by atomic mass is 9.88. The van der Waals surface area contributed by atoms with E-state index in [2.05, 4.69) is 31.1 Å². The van der Waals surface area contributed by atoms with Crippen LogP contribution in [0, 0.1) is 11.6 Å². The van der Waals surface area contributed by atoms with E-state index in [1.54, 1.807) is 4.90 Å². The van der Waals surface area contributed by atoms with Gasteiger partial charge in [0.1, 0.15) is 11.6 Å². The summed E-state index contributed by atoms with van der Waals surface area (Å²) >= 11 is 0. The molecule has 1 aliphatic carbocycles. The number of benzene rings is 1. The highest BCUT2D eigenvalue weighted by Crippen LogP contribution is 2.39. The average Bonchev–Trinajstić information content (AvgIpc) is 3.27. The monoisotopic (exact) mass is 486 g/mol. The minimum atomic E-state index is -1.02. The van der Waals surface area contributed by atoms with E-state index in [9.17, 15) is 18.4 Å². The molecule has 0 spiro atoms. The van der Waals surface area contributed by atoms with Crippen LogP contribution in [0.4, 0.5) is 20.5 Å². The van der Waals surface area contributed by atoms with Crippen LogP contribution in [0.2, 0.25) is 0 Å². The van der Waals surface area contributed by atoms with E-state index in [1.165, 1.54) is 31.4 Å². The summed E-state index contributed by atoms with van der Waals surface area (Å²) in [7, 11) is 3.73. The third-order valence-corrected chi connectivity index (χ3v) is 7.88. The Labute approximate surface area is 199 Å². The Morgan fingerprint density at radius 3 is 2.50 bits per heavy atom. The second-order valence-corrected chi connectivity index (χ2v) is 10.6. The van der Waals surface area contributed by atoms with Gasteiger partial charge in [0.05, 0.1) is 22.2 Å². The van der Waals surface area contributed by atoms with E-state index in [4.69, 9.17) is 4.42 Å². The fourth-order valence-electron chi connectivity index (χ4n) is 5.17. The number of nitrogens with zero attached hydrogens (tertiary/aromatic N) is 3. The molecule has 2 saturated heterocycles. The Morgan fingerprint density at radius 1 is 1.15 bits per heavy atom. The lowest BCUT2D eigenvalue weighted by Crippen LogP contribution is -2.72. The molecule has 179 valence electrons. The van der Waals surface area contributed by atoms with E-state index in [1.807, 2.05) is 6.92 Å².